The summed E-state index contributed by atoms with van der Waals surface area (Å²) in [5, 5.41) is 18.1. The third-order valence-corrected chi connectivity index (χ3v) is 4.65. The summed E-state index contributed by atoms with van der Waals surface area (Å²) < 4.78 is 0. The Hall–Kier alpha value is -1.59. The number of anilines is 1. The first-order valence-corrected chi connectivity index (χ1v) is 7.60. The number of likely N-dealkylation sites (tertiary alicyclic amines) is 1. The zero-order valence-electron chi connectivity index (χ0n) is 12.8. The Kier molecular flexibility index (Phi) is 3.63. The van der Waals surface area contributed by atoms with Gasteiger partial charge >= 0.3 is 0 Å². The molecule has 3 rings (SSSR count). The minimum Gasteiger partial charge on any atom is -0.390 e. The largest absolute Gasteiger partial charge is 0.390 e. The van der Waals surface area contributed by atoms with Gasteiger partial charge in [0.1, 0.15) is 0 Å². The molecule has 0 saturated carbocycles. The highest BCUT2D eigenvalue weighted by Gasteiger charge is 2.30. The average Bonchev–Trinajstić information content (AvgIpc) is 2.80. The molecule has 5 heteroatoms. The van der Waals surface area contributed by atoms with Gasteiger partial charge in [0.05, 0.1) is 11.1 Å². The summed E-state index contributed by atoms with van der Waals surface area (Å²) in [5.41, 5.74) is 7.55. The second-order valence-electron chi connectivity index (χ2n) is 6.69. The van der Waals surface area contributed by atoms with E-state index >= 15 is 0 Å². The molecule has 1 saturated heterocycles. The van der Waals surface area contributed by atoms with E-state index < -0.39 is 5.60 Å². The third kappa shape index (κ3) is 3.04. The van der Waals surface area contributed by atoms with Crippen molar-refractivity contribution in [3.8, 4) is 0 Å². The van der Waals surface area contributed by atoms with Crippen LogP contribution in [0.2, 0.25) is 0 Å². The number of nitrogens with one attached hydrogen (secondary N) is 1. The van der Waals surface area contributed by atoms with Crippen LogP contribution in [0.3, 0.4) is 0 Å². The lowest BCUT2D eigenvalue weighted by atomic mass is 9.83. The smallest absolute Gasteiger partial charge is 0.153 e. The number of hydrogen-bond donors (Lipinski definition) is 3. The molecule has 0 spiro atoms. The van der Waals surface area contributed by atoms with Gasteiger partial charge in [0.25, 0.3) is 0 Å². The van der Waals surface area contributed by atoms with Crippen molar-refractivity contribution in [3.63, 3.8) is 0 Å². The van der Waals surface area contributed by atoms with Crippen LogP contribution in [0, 0.1) is 5.92 Å². The molecule has 21 heavy (non-hydrogen) atoms. The molecule has 0 aliphatic carbocycles. The molecule has 0 atom stereocenters. The Balaban J connectivity index is 1.65. The van der Waals surface area contributed by atoms with E-state index in [1.165, 1.54) is 5.56 Å². The van der Waals surface area contributed by atoms with Gasteiger partial charge in [-0.15, -0.1) is 0 Å². The molecule has 4 N–H and O–H groups in total. The van der Waals surface area contributed by atoms with Crippen molar-refractivity contribution >= 4 is 16.7 Å². The normalized spacial score (nSPS) is 18.4. The molecule has 1 aliphatic rings. The highest BCUT2D eigenvalue weighted by atomic mass is 16.3. The van der Waals surface area contributed by atoms with Crippen LogP contribution in [0.25, 0.3) is 10.9 Å². The van der Waals surface area contributed by atoms with E-state index in [9.17, 15) is 5.11 Å². The van der Waals surface area contributed by atoms with Gasteiger partial charge in [0.2, 0.25) is 0 Å². The van der Waals surface area contributed by atoms with Crippen LogP contribution in [0.5, 0.6) is 0 Å². The Labute approximate surface area is 125 Å². The van der Waals surface area contributed by atoms with Crippen LogP contribution in [-0.4, -0.2) is 38.9 Å². The molecule has 0 amide bonds. The van der Waals surface area contributed by atoms with Crippen LogP contribution in [0.15, 0.2) is 18.2 Å². The van der Waals surface area contributed by atoms with Crippen molar-refractivity contribution in [1.82, 2.24) is 15.1 Å². The van der Waals surface area contributed by atoms with Gasteiger partial charge in [-0.3, -0.25) is 10.00 Å². The molecule has 0 bridgehead atoms. The molecule has 0 radical (unpaired) electrons. The number of nitrogen functional groups attached to an aromatic ring is 1. The van der Waals surface area contributed by atoms with Crippen LogP contribution in [-0.2, 0) is 6.54 Å². The van der Waals surface area contributed by atoms with Crippen molar-refractivity contribution in [2.75, 3.05) is 18.8 Å². The SMILES string of the molecule is CC(C)(O)C1CCN(Cc2ccc3[nH]nc(N)c3c2)CC1. The van der Waals surface area contributed by atoms with E-state index in [4.69, 9.17) is 5.73 Å². The third-order valence-electron chi connectivity index (χ3n) is 4.65. The molecule has 114 valence electrons. The number of aromatic nitrogens is 2. The lowest BCUT2D eigenvalue weighted by Gasteiger charge is -2.37. The van der Waals surface area contributed by atoms with E-state index in [2.05, 4.69) is 27.2 Å². The van der Waals surface area contributed by atoms with E-state index in [0.717, 1.165) is 43.4 Å². The van der Waals surface area contributed by atoms with E-state index in [0.29, 0.717) is 11.7 Å². The van der Waals surface area contributed by atoms with Crippen LogP contribution in [0.4, 0.5) is 5.82 Å². The Morgan fingerprint density at radius 3 is 2.76 bits per heavy atom. The molecule has 2 aromatic rings. The lowest BCUT2D eigenvalue weighted by molar-refractivity contribution is -0.0136. The number of nitrogens with zero attached hydrogens (tertiary/aromatic N) is 2. The van der Waals surface area contributed by atoms with Crippen LogP contribution in [0.1, 0.15) is 32.3 Å². The summed E-state index contributed by atoms with van der Waals surface area (Å²) in [4.78, 5) is 2.44. The first-order chi connectivity index (χ1) is 9.93. The Morgan fingerprint density at radius 1 is 1.38 bits per heavy atom. The van der Waals surface area contributed by atoms with E-state index in [-0.39, 0.29) is 0 Å². The van der Waals surface area contributed by atoms with Gasteiger partial charge in [-0.05, 0) is 63.4 Å². The maximum atomic E-state index is 10.1. The standard InChI is InChI=1S/C16H24N4O/c1-16(2,21)12-5-7-20(8-6-12)10-11-3-4-14-13(9-11)15(17)19-18-14/h3-4,9,12,21H,5-8,10H2,1-2H3,(H3,17,18,19). The monoisotopic (exact) mass is 288 g/mol. The molecular weight excluding hydrogens is 264 g/mol. The summed E-state index contributed by atoms with van der Waals surface area (Å²) in [6, 6.07) is 6.29. The number of aliphatic hydroxyl groups is 1. The van der Waals surface area contributed by atoms with E-state index in [1.807, 2.05) is 19.9 Å². The number of nitrogens with two attached hydrogens (primary N) is 1. The van der Waals surface area contributed by atoms with Crippen LogP contribution < -0.4 is 5.73 Å². The first-order valence-electron chi connectivity index (χ1n) is 7.60. The molecule has 5 nitrogen and oxygen atoms in total. The van der Waals surface area contributed by atoms with Crippen molar-refractivity contribution in [2.45, 2.75) is 38.8 Å². The Morgan fingerprint density at radius 2 is 2.10 bits per heavy atom. The number of aromatic amines is 1. The Bertz CT molecular complexity index is 621. The fourth-order valence-corrected chi connectivity index (χ4v) is 3.24. The maximum absolute atomic E-state index is 10.1. The summed E-state index contributed by atoms with van der Waals surface area (Å²) in [6.07, 6.45) is 2.11. The second kappa shape index (κ2) is 5.31. The number of benzene rings is 1. The zero-order chi connectivity index (χ0) is 15.0. The van der Waals surface area contributed by atoms with Crippen molar-refractivity contribution < 1.29 is 5.11 Å². The van der Waals surface area contributed by atoms with Gasteiger partial charge < -0.3 is 10.8 Å². The predicted molar refractivity (Wildman–Crippen MR) is 84.8 cm³/mol. The van der Waals surface area contributed by atoms with Gasteiger partial charge in [-0.25, -0.2) is 0 Å². The lowest BCUT2D eigenvalue weighted by Crippen LogP contribution is -2.41. The highest BCUT2D eigenvalue weighted by molar-refractivity contribution is 5.88. The molecule has 1 aromatic carbocycles. The van der Waals surface area contributed by atoms with Crippen molar-refractivity contribution in [1.29, 1.82) is 0 Å². The number of fused-ring (bicyclic) bond motifs is 1. The number of H-pyrrole nitrogens is 1. The van der Waals surface area contributed by atoms with Crippen LogP contribution >= 0.6 is 0 Å². The summed E-state index contributed by atoms with van der Waals surface area (Å²) >= 11 is 0. The highest BCUT2D eigenvalue weighted by Crippen LogP contribution is 2.29. The molecular formula is C16H24N4O. The van der Waals surface area contributed by atoms with Crippen molar-refractivity contribution in [2.24, 2.45) is 5.92 Å². The summed E-state index contributed by atoms with van der Waals surface area (Å²) in [6.45, 7) is 6.84. The predicted octanol–water partition coefficient (Wildman–Crippen LogP) is 2.13. The number of rotatable bonds is 3. The van der Waals surface area contributed by atoms with Gasteiger partial charge in [-0.1, -0.05) is 6.07 Å². The zero-order valence-corrected chi connectivity index (χ0v) is 12.8. The molecule has 1 aromatic heterocycles. The average molecular weight is 288 g/mol. The minimum atomic E-state index is -0.559. The molecule has 0 unspecified atom stereocenters. The number of piperidine rings is 1. The minimum absolute atomic E-state index is 0.403. The first kappa shape index (κ1) is 14.4. The summed E-state index contributed by atoms with van der Waals surface area (Å²) in [7, 11) is 0. The maximum Gasteiger partial charge on any atom is 0.153 e. The van der Waals surface area contributed by atoms with Gasteiger partial charge in [0, 0.05) is 11.9 Å². The molecule has 1 aliphatic heterocycles. The van der Waals surface area contributed by atoms with Gasteiger partial charge in [0.15, 0.2) is 5.82 Å². The molecule has 1 fully saturated rings. The van der Waals surface area contributed by atoms with E-state index in [1.54, 1.807) is 0 Å². The number of hydrogen-bond acceptors (Lipinski definition) is 4. The van der Waals surface area contributed by atoms with Crippen molar-refractivity contribution in [3.05, 3.63) is 23.8 Å². The quantitative estimate of drug-likeness (QED) is 0.808. The summed E-state index contributed by atoms with van der Waals surface area (Å²) in [5.74, 6) is 0.966. The molecule has 2 heterocycles. The van der Waals surface area contributed by atoms with Gasteiger partial charge in [-0.2, -0.15) is 5.10 Å². The fraction of sp³-hybridized carbons (Fsp3) is 0.562. The second-order valence-corrected chi connectivity index (χ2v) is 6.69. The fourth-order valence-electron chi connectivity index (χ4n) is 3.24. The topological polar surface area (TPSA) is 78.2 Å².